The number of aliphatic carboxylic acids is 1. The zero-order chi connectivity index (χ0) is 28.4. The van der Waals surface area contributed by atoms with Gasteiger partial charge in [-0.3, -0.25) is 4.79 Å². The standard InChI is InChI=1S/C26H24ClF3N6O4/c27-19-4-1-9-31-24(19)36-22(26(28,29)30)18(12-32-36)25-33-23(34-40-25)17-7-5-16(6-8-17)20(37)14-35-10-2-3-15(13-35)11-21(38)39/h1,4-9,12,15,20,37H,2-3,10-11,13-14H2,(H,38,39). The Labute approximate surface area is 231 Å². The van der Waals surface area contributed by atoms with E-state index in [0.717, 1.165) is 25.6 Å². The van der Waals surface area contributed by atoms with Crippen molar-refractivity contribution in [3.63, 3.8) is 0 Å². The molecule has 14 heteroatoms. The van der Waals surface area contributed by atoms with Crippen molar-refractivity contribution in [1.82, 2.24) is 29.8 Å². The second-order valence-electron chi connectivity index (χ2n) is 9.55. The van der Waals surface area contributed by atoms with Crippen LogP contribution < -0.4 is 0 Å². The monoisotopic (exact) mass is 576 g/mol. The molecule has 5 rings (SSSR count). The molecule has 210 valence electrons. The molecule has 1 aromatic carbocycles. The summed E-state index contributed by atoms with van der Waals surface area (Å²) < 4.78 is 48.0. The third kappa shape index (κ3) is 6.01. The molecule has 0 saturated carbocycles. The maximum absolute atomic E-state index is 14.1. The molecule has 10 nitrogen and oxygen atoms in total. The molecule has 0 spiro atoms. The van der Waals surface area contributed by atoms with Crippen LogP contribution in [0.4, 0.5) is 13.2 Å². The first-order chi connectivity index (χ1) is 19.1. The second kappa shape index (κ2) is 11.4. The van der Waals surface area contributed by atoms with E-state index in [0.29, 0.717) is 28.9 Å². The van der Waals surface area contributed by atoms with E-state index in [2.05, 4.69) is 25.1 Å². The van der Waals surface area contributed by atoms with Gasteiger partial charge in [-0.15, -0.1) is 0 Å². The number of aromatic nitrogens is 5. The largest absolute Gasteiger partial charge is 0.481 e. The predicted octanol–water partition coefficient (Wildman–Crippen LogP) is 4.88. The van der Waals surface area contributed by atoms with Crippen LogP contribution in [0.3, 0.4) is 0 Å². The van der Waals surface area contributed by atoms with E-state index >= 15 is 0 Å². The maximum Gasteiger partial charge on any atom is 0.434 e. The molecule has 0 bridgehead atoms. The minimum absolute atomic E-state index is 0.0171. The smallest absolute Gasteiger partial charge is 0.434 e. The third-order valence-electron chi connectivity index (χ3n) is 6.69. The highest BCUT2D eigenvalue weighted by Crippen LogP contribution is 2.39. The van der Waals surface area contributed by atoms with Crippen molar-refractivity contribution >= 4 is 17.6 Å². The molecule has 4 aromatic rings. The summed E-state index contributed by atoms with van der Waals surface area (Å²) in [6, 6.07) is 9.52. The Balaban J connectivity index is 1.33. The Kier molecular flexibility index (Phi) is 7.88. The van der Waals surface area contributed by atoms with Gasteiger partial charge in [0.05, 0.1) is 22.9 Å². The van der Waals surface area contributed by atoms with Crippen LogP contribution in [-0.2, 0) is 11.0 Å². The van der Waals surface area contributed by atoms with Crippen molar-refractivity contribution < 1.29 is 32.7 Å². The van der Waals surface area contributed by atoms with E-state index in [9.17, 15) is 23.1 Å². The molecule has 1 aliphatic rings. The lowest BCUT2D eigenvalue weighted by Gasteiger charge is -2.33. The molecule has 0 amide bonds. The summed E-state index contributed by atoms with van der Waals surface area (Å²) in [5.74, 6) is -1.29. The van der Waals surface area contributed by atoms with Crippen LogP contribution in [0.15, 0.2) is 53.3 Å². The number of aliphatic hydroxyl groups excluding tert-OH is 1. The van der Waals surface area contributed by atoms with Crippen molar-refractivity contribution in [2.24, 2.45) is 5.92 Å². The number of alkyl halides is 3. The van der Waals surface area contributed by atoms with Gasteiger partial charge in [0.25, 0.3) is 5.89 Å². The van der Waals surface area contributed by atoms with Gasteiger partial charge >= 0.3 is 12.1 Å². The van der Waals surface area contributed by atoms with Crippen molar-refractivity contribution in [2.45, 2.75) is 31.5 Å². The van der Waals surface area contributed by atoms with Crippen molar-refractivity contribution in [2.75, 3.05) is 19.6 Å². The van der Waals surface area contributed by atoms with Gasteiger partial charge in [0.15, 0.2) is 11.5 Å². The number of carboxylic acids is 1. The number of nitrogens with zero attached hydrogens (tertiary/aromatic N) is 6. The zero-order valence-corrected chi connectivity index (χ0v) is 21.7. The number of β-amino-alcohol motifs (C(OH)–C–C–N with tert-alkyl or cyclic N) is 1. The van der Waals surface area contributed by atoms with E-state index in [1.165, 1.54) is 18.3 Å². The van der Waals surface area contributed by atoms with Crippen LogP contribution in [0.5, 0.6) is 0 Å². The van der Waals surface area contributed by atoms with Gasteiger partial charge in [0.1, 0.15) is 0 Å². The van der Waals surface area contributed by atoms with E-state index in [1.807, 2.05) is 0 Å². The summed E-state index contributed by atoms with van der Waals surface area (Å²) in [7, 11) is 0. The van der Waals surface area contributed by atoms with E-state index in [-0.39, 0.29) is 34.9 Å². The van der Waals surface area contributed by atoms with Crippen LogP contribution in [0.25, 0.3) is 28.7 Å². The molecule has 40 heavy (non-hydrogen) atoms. The topological polar surface area (TPSA) is 130 Å². The van der Waals surface area contributed by atoms with Gasteiger partial charge in [-0.25, -0.2) is 9.67 Å². The second-order valence-corrected chi connectivity index (χ2v) is 9.96. The molecule has 2 unspecified atom stereocenters. The van der Waals surface area contributed by atoms with E-state index < -0.39 is 29.5 Å². The molecule has 2 N–H and O–H groups in total. The van der Waals surface area contributed by atoms with Crippen molar-refractivity contribution in [3.05, 3.63) is 65.1 Å². The molecule has 0 radical (unpaired) electrons. The summed E-state index contributed by atoms with van der Waals surface area (Å²) in [4.78, 5) is 21.2. The molecule has 1 fully saturated rings. The Hall–Kier alpha value is -3.81. The molecule has 2 atom stereocenters. The van der Waals surface area contributed by atoms with Crippen molar-refractivity contribution in [1.29, 1.82) is 0 Å². The number of pyridine rings is 1. The molecule has 4 heterocycles. The number of benzene rings is 1. The summed E-state index contributed by atoms with van der Waals surface area (Å²) in [5, 5.41) is 27.4. The number of halogens is 4. The summed E-state index contributed by atoms with van der Waals surface area (Å²) in [6.45, 7) is 1.74. The van der Waals surface area contributed by atoms with E-state index in [1.54, 1.807) is 24.3 Å². The van der Waals surface area contributed by atoms with Crippen LogP contribution in [0.1, 0.15) is 36.6 Å². The predicted molar refractivity (Wildman–Crippen MR) is 136 cm³/mol. The van der Waals surface area contributed by atoms with Gasteiger partial charge in [-0.2, -0.15) is 23.3 Å². The SMILES string of the molecule is O=C(O)CC1CCCN(CC(O)c2ccc(-c3noc(-c4cnn(-c5ncccc5Cl)c4C(F)(F)F)n3)cc2)C1. The lowest BCUT2D eigenvalue weighted by atomic mass is 9.94. The number of carbonyl (C=O) groups is 1. The summed E-state index contributed by atoms with van der Waals surface area (Å²) in [6.07, 6.45) is -1.55. The van der Waals surface area contributed by atoms with Crippen molar-refractivity contribution in [3.8, 4) is 28.7 Å². The lowest BCUT2D eigenvalue weighted by Crippen LogP contribution is -2.38. The third-order valence-corrected chi connectivity index (χ3v) is 6.98. The number of rotatable bonds is 8. The molecular weight excluding hydrogens is 553 g/mol. The normalized spacial score (nSPS) is 17.2. The fourth-order valence-electron chi connectivity index (χ4n) is 4.86. The lowest BCUT2D eigenvalue weighted by molar-refractivity contribution is -0.142. The number of piperidine rings is 1. The van der Waals surface area contributed by atoms with E-state index in [4.69, 9.17) is 21.2 Å². The first kappa shape index (κ1) is 27.7. The highest BCUT2D eigenvalue weighted by molar-refractivity contribution is 6.32. The van der Waals surface area contributed by atoms with Crippen LogP contribution >= 0.6 is 11.6 Å². The average Bonchev–Trinajstić information content (AvgIpc) is 3.57. The first-order valence-electron chi connectivity index (χ1n) is 12.4. The van der Waals surface area contributed by atoms with Gasteiger partial charge in [0, 0.05) is 31.3 Å². The highest BCUT2D eigenvalue weighted by Gasteiger charge is 2.41. The van der Waals surface area contributed by atoms with Gasteiger partial charge in [-0.05, 0) is 43.0 Å². The van der Waals surface area contributed by atoms with Gasteiger partial charge in [-0.1, -0.05) is 41.0 Å². The molecular formula is C26H24ClF3N6O4. The number of aliphatic hydroxyl groups is 1. The Morgan fingerprint density at radius 1 is 1.23 bits per heavy atom. The summed E-state index contributed by atoms with van der Waals surface area (Å²) >= 11 is 6.05. The number of hydrogen-bond donors (Lipinski definition) is 2. The average molecular weight is 577 g/mol. The van der Waals surface area contributed by atoms with Gasteiger partial charge in [0.2, 0.25) is 5.82 Å². The quantitative estimate of drug-likeness (QED) is 0.301. The Bertz CT molecular complexity index is 1490. The minimum Gasteiger partial charge on any atom is -0.481 e. The van der Waals surface area contributed by atoms with Crippen LogP contribution in [0, 0.1) is 5.92 Å². The first-order valence-corrected chi connectivity index (χ1v) is 12.8. The van der Waals surface area contributed by atoms with Crippen LogP contribution in [-0.4, -0.2) is 65.6 Å². The molecule has 1 saturated heterocycles. The maximum atomic E-state index is 14.1. The number of likely N-dealkylation sites (tertiary alicyclic amines) is 1. The Morgan fingerprint density at radius 3 is 2.70 bits per heavy atom. The molecule has 1 aliphatic heterocycles. The zero-order valence-electron chi connectivity index (χ0n) is 20.9. The fourth-order valence-corrected chi connectivity index (χ4v) is 5.06. The molecule has 3 aromatic heterocycles. The number of carboxylic acid groups (broad SMARTS) is 1. The highest BCUT2D eigenvalue weighted by atomic mass is 35.5. The summed E-state index contributed by atoms with van der Waals surface area (Å²) in [5.41, 5.74) is -0.493. The fraction of sp³-hybridized carbons (Fsp3) is 0.346. The van der Waals surface area contributed by atoms with Crippen LogP contribution in [0.2, 0.25) is 5.02 Å². The Morgan fingerprint density at radius 2 is 2.00 bits per heavy atom. The number of hydrogen-bond acceptors (Lipinski definition) is 8. The minimum atomic E-state index is -4.83. The van der Waals surface area contributed by atoms with Gasteiger partial charge < -0.3 is 19.6 Å². The molecule has 0 aliphatic carbocycles.